The van der Waals surface area contributed by atoms with Crippen molar-refractivity contribution < 1.29 is 18.4 Å². The summed E-state index contributed by atoms with van der Waals surface area (Å²) < 4.78 is 26.4. The van der Waals surface area contributed by atoms with E-state index >= 15 is 0 Å². The standard InChI is InChI=1S/C19H21F2N3O2S/c20-12-8-9-13(14(21)11-12)18(26)22-10-4-7-17(25)24-19-23-15-5-2-1-3-6-16(15)27-19/h8-9,11H,1-7,10H2,(H,22,26)(H,23,24,25). The van der Waals surface area contributed by atoms with Gasteiger partial charge in [0.05, 0.1) is 11.3 Å². The number of carbonyl (C=O) groups excluding carboxylic acids is 2. The summed E-state index contributed by atoms with van der Waals surface area (Å²) in [6.07, 6.45) is 6.14. The van der Waals surface area contributed by atoms with E-state index in [0.29, 0.717) is 17.6 Å². The monoisotopic (exact) mass is 393 g/mol. The Kier molecular flexibility index (Phi) is 6.49. The molecule has 2 amide bonds. The first-order chi connectivity index (χ1) is 13.0. The summed E-state index contributed by atoms with van der Waals surface area (Å²) >= 11 is 1.54. The zero-order valence-electron chi connectivity index (χ0n) is 14.8. The van der Waals surface area contributed by atoms with E-state index in [0.717, 1.165) is 43.5 Å². The highest BCUT2D eigenvalue weighted by atomic mass is 32.1. The van der Waals surface area contributed by atoms with Gasteiger partial charge in [0.25, 0.3) is 5.91 Å². The molecule has 8 heteroatoms. The number of nitrogens with zero attached hydrogens (tertiary/aromatic N) is 1. The first-order valence-electron chi connectivity index (χ1n) is 9.04. The van der Waals surface area contributed by atoms with Crippen LogP contribution in [0.25, 0.3) is 0 Å². The molecular weight excluding hydrogens is 372 g/mol. The molecule has 0 saturated heterocycles. The minimum absolute atomic E-state index is 0.166. The number of rotatable bonds is 6. The maximum absolute atomic E-state index is 13.5. The lowest BCUT2D eigenvalue weighted by molar-refractivity contribution is -0.116. The second-order valence-corrected chi connectivity index (χ2v) is 7.56. The Morgan fingerprint density at radius 2 is 1.96 bits per heavy atom. The van der Waals surface area contributed by atoms with Gasteiger partial charge in [-0.15, -0.1) is 11.3 Å². The summed E-state index contributed by atoms with van der Waals surface area (Å²) in [5, 5.41) is 5.97. The fraction of sp³-hybridized carbons (Fsp3) is 0.421. The second kappa shape index (κ2) is 9.03. The van der Waals surface area contributed by atoms with E-state index in [1.165, 1.54) is 22.6 Å². The fourth-order valence-corrected chi connectivity index (χ4v) is 4.05. The first-order valence-corrected chi connectivity index (χ1v) is 9.86. The minimum Gasteiger partial charge on any atom is -0.352 e. The number of hydrogen-bond acceptors (Lipinski definition) is 4. The molecule has 1 heterocycles. The van der Waals surface area contributed by atoms with Crippen molar-refractivity contribution in [2.45, 2.75) is 44.9 Å². The van der Waals surface area contributed by atoms with E-state index in [2.05, 4.69) is 15.6 Å². The van der Waals surface area contributed by atoms with Gasteiger partial charge in [-0.3, -0.25) is 9.59 Å². The minimum atomic E-state index is -0.909. The molecule has 0 atom stereocenters. The van der Waals surface area contributed by atoms with Gasteiger partial charge in [0, 0.05) is 23.9 Å². The Labute approximate surface area is 160 Å². The molecule has 3 rings (SSSR count). The van der Waals surface area contributed by atoms with E-state index in [1.807, 2.05) is 0 Å². The van der Waals surface area contributed by atoms with E-state index in [4.69, 9.17) is 0 Å². The van der Waals surface area contributed by atoms with E-state index < -0.39 is 17.5 Å². The number of halogens is 2. The Morgan fingerprint density at radius 3 is 2.78 bits per heavy atom. The molecule has 1 aromatic heterocycles. The lowest BCUT2D eigenvalue weighted by Gasteiger charge is -2.06. The molecule has 144 valence electrons. The summed E-state index contributed by atoms with van der Waals surface area (Å²) in [6.45, 7) is 0.220. The Hall–Kier alpha value is -2.35. The SMILES string of the molecule is O=C(CCCNC(=O)c1ccc(F)cc1F)Nc1nc2c(s1)CCCCC2. The number of fused-ring (bicyclic) bond motifs is 1. The Bertz CT molecular complexity index is 815. The molecule has 0 aliphatic heterocycles. The van der Waals surface area contributed by atoms with E-state index in [-0.39, 0.29) is 24.4 Å². The number of hydrogen-bond donors (Lipinski definition) is 2. The number of aromatic nitrogens is 1. The number of thiazole rings is 1. The molecule has 5 nitrogen and oxygen atoms in total. The van der Waals surface area contributed by atoms with Crippen LogP contribution in [0.15, 0.2) is 18.2 Å². The third-order valence-corrected chi connectivity index (χ3v) is 5.46. The average molecular weight is 393 g/mol. The van der Waals surface area contributed by atoms with Crippen LogP contribution < -0.4 is 10.6 Å². The number of carbonyl (C=O) groups is 2. The van der Waals surface area contributed by atoms with Crippen LogP contribution in [-0.4, -0.2) is 23.3 Å². The molecule has 27 heavy (non-hydrogen) atoms. The van der Waals surface area contributed by atoms with Crippen LogP contribution in [-0.2, 0) is 17.6 Å². The highest BCUT2D eigenvalue weighted by molar-refractivity contribution is 7.15. The third-order valence-electron chi connectivity index (χ3n) is 4.38. The first kappa shape index (κ1) is 19.4. The largest absolute Gasteiger partial charge is 0.352 e. The van der Waals surface area contributed by atoms with Crippen LogP contribution in [0.2, 0.25) is 0 Å². The lowest BCUT2D eigenvalue weighted by atomic mass is 10.2. The number of benzene rings is 1. The zero-order chi connectivity index (χ0) is 19.2. The second-order valence-electron chi connectivity index (χ2n) is 6.48. The Morgan fingerprint density at radius 1 is 1.15 bits per heavy atom. The number of nitrogens with one attached hydrogen (secondary N) is 2. The van der Waals surface area contributed by atoms with Gasteiger partial charge in [0.2, 0.25) is 5.91 Å². The molecule has 0 radical (unpaired) electrons. The fourth-order valence-electron chi connectivity index (χ4n) is 2.98. The summed E-state index contributed by atoms with van der Waals surface area (Å²) in [5.41, 5.74) is 0.881. The van der Waals surface area contributed by atoms with Gasteiger partial charge in [-0.05, 0) is 44.2 Å². The van der Waals surface area contributed by atoms with Crippen molar-refractivity contribution in [1.82, 2.24) is 10.3 Å². The third kappa shape index (κ3) is 5.32. The predicted molar refractivity (Wildman–Crippen MR) is 99.9 cm³/mol. The molecule has 1 aliphatic carbocycles. The molecule has 1 aromatic carbocycles. The zero-order valence-corrected chi connectivity index (χ0v) is 15.6. The van der Waals surface area contributed by atoms with Crippen molar-refractivity contribution in [1.29, 1.82) is 0 Å². The molecule has 2 aromatic rings. The van der Waals surface area contributed by atoms with Gasteiger partial charge in [-0.1, -0.05) is 6.42 Å². The van der Waals surface area contributed by atoms with Crippen LogP contribution in [0.5, 0.6) is 0 Å². The van der Waals surface area contributed by atoms with Gasteiger partial charge in [-0.2, -0.15) is 0 Å². The average Bonchev–Trinajstić information content (AvgIpc) is 2.86. The topological polar surface area (TPSA) is 71.1 Å². The molecule has 1 aliphatic rings. The van der Waals surface area contributed by atoms with Crippen molar-refractivity contribution >= 4 is 28.3 Å². The van der Waals surface area contributed by atoms with Crippen LogP contribution in [0, 0.1) is 11.6 Å². The van der Waals surface area contributed by atoms with Gasteiger partial charge in [-0.25, -0.2) is 13.8 Å². The van der Waals surface area contributed by atoms with Crippen molar-refractivity contribution in [2.24, 2.45) is 0 Å². The maximum atomic E-state index is 13.5. The molecule has 0 bridgehead atoms. The van der Waals surface area contributed by atoms with Gasteiger partial charge < -0.3 is 10.6 Å². The number of aryl methyl sites for hydroxylation is 2. The molecule has 2 N–H and O–H groups in total. The van der Waals surface area contributed by atoms with Crippen molar-refractivity contribution in [3.05, 3.63) is 46.0 Å². The molecule has 0 fully saturated rings. The predicted octanol–water partition coefficient (Wildman–Crippen LogP) is 3.84. The molecule has 0 saturated carbocycles. The quantitative estimate of drug-likeness (QED) is 0.579. The molecular formula is C19H21F2N3O2S. The lowest BCUT2D eigenvalue weighted by Crippen LogP contribution is -2.26. The smallest absolute Gasteiger partial charge is 0.254 e. The van der Waals surface area contributed by atoms with Crippen LogP contribution in [0.1, 0.15) is 53.0 Å². The highest BCUT2D eigenvalue weighted by Gasteiger charge is 2.16. The van der Waals surface area contributed by atoms with Crippen LogP contribution in [0.3, 0.4) is 0 Å². The van der Waals surface area contributed by atoms with Crippen molar-refractivity contribution in [2.75, 3.05) is 11.9 Å². The Balaban J connectivity index is 1.41. The van der Waals surface area contributed by atoms with E-state index in [1.54, 1.807) is 0 Å². The normalized spacial score (nSPS) is 13.6. The summed E-state index contributed by atoms with van der Waals surface area (Å²) in [6, 6.07) is 2.79. The van der Waals surface area contributed by atoms with Crippen LogP contribution >= 0.6 is 11.3 Å². The summed E-state index contributed by atoms with van der Waals surface area (Å²) in [5.74, 6) is -2.44. The molecule has 0 unspecified atom stereocenters. The summed E-state index contributed by atoms with van der Waals surface area (Å²) in [7, 11) is 0. The number of anilines is 1. The van der Waals surface area contributed by atoms with Crippen molar-refractivity contribution in [3.8, 4) is 0 Å². The highest BCUT2D eigenvalue weighted by Crippen LogP contribution is 2.28. The van der Waals surface area contributed by atoms with Gasteiger partial charge in [0.15, 0.2) is 5.13 Å². The maximum Gasteiger partial charge on any atom is 0.254 e. The van der Waals surface area contributed by atoms with Gasteiger partial charge in [0.1, 0.15) is 11.6 Å². The number of amides is 2. The summed E-state index contributed by atoms with van der Waals surface area (Å²) in [4.78, 5) is 29.7. The van der Waals surface area contributed by atoms with Gasteiger partial charge >= 0.3 is 0 Å². The van der Waals surface area contributed by atoms with Crippen LogP contribution in [0.4, 0.5) is 13.9 Å². The van der Waals surface area contributed by atoms with Crippen molar-refractivity contribution in [3.63, 3.8) is 0 Å². The van der Waals surface area contributed by atoms with E-state index in [9.17, 15) is 18.4 Å². The molecule has 0 spiro atoms.